The van der Waals surface area contributed by atoms with Crippen molar-refractivity contribution in [1.29, 1.82) is 0 Å². The quantitative estimate of drug-likeness (QED) is 0.0985. The van der Waals surface area contributed by atoms with E-state index in [1.165, 1.54) is 42.6 Å². The Morgan fingerprint density at radius 1 is 0.889 bits per heavy atom. The Labute approximate surface area is 203 Å². The van der Waals surface area contributed by atoms with Crippen molar-refractivity contribution in [2.24, 2.45) is 0 Å². The van der Waals surface area contributed by atoms with Crippen molar-refractivity contribution in [3.05, 3.63) is 103 Å². The predicted octanol–water partition coefficient (Wildman–Crippen LogP) is 2.28. The average molecular weight is 490 g/mol. The molecule has 0 aliphatic heterocycles. The van der Waals surface area contributed by atoms with Gasteiger partial charge < -0.3 is 14.6 Å². The third kappa shape index (κ3) is 4.00. The number of aromatic nitrogens is 2. The van der Waals surface area contributed by atoms with E-state index in [-0.39, 0.29) is 39.3 Å². The molecule has 1 aromatic heterocycles. The molecule has 0 unspecified atom stereocenters. The SMILES string of the molecule is COC(=O)C(=C1c2cc([N+](=O)[O-])ccc2-c2ccc([N+](=O)[O-])cc21)/C(=C(\[O-])OC)[n+]1cccc(C)n1. The Bertz CT molecular complexity index is 1440. The number of non-ortho nitro benzene ring substituents is 2. The van der Waals surface area contributed by atoms with Gasteiger partial charge in [-0.1, -0.05) is 0 Å². The number of carbonyl (C=O) groups is 1. The Kier molecular flexibility index (Phi) is 6.17. The van der Waals surface area contributed by atoms with Gasteiger partial charge in [0.2, 0.25) is 6.20 Å². The van der Waals surface area contributed by atoms with E-state index >= 15 is 0 Å². The number of hydrogen-bond donors (Lipinski definition) is 0. The van der Waals surface area contributed by atoms with Gasteiger partial charge in [-0.15, -0.1) is 0 Å². The molecule has 12 nitrogen and oxygen atoms in total. The molecule has 4 rings (SSSR count). The Balaban J connectivity index is 2.21. The highest BCUT2D eigenvalue weighted by molar-refractivity contribution is 6.16. The predicted molar refractivity (Wildman–Crippen MR) is 123 cm³/mol. The highest BCUT2D eigenvalue weighted by atomic mass is 16.6. The van der Waals surface area contributed by atoms with E-state index in [4.69, 9.17) is 9.47 Å². The zero-order chi connectivity index (χ0) is 26.1. The summed E-state index contributed by atoms with van der Waals surface area (Å²) >= 11 is 0. The molecule has 0 spiro atoms. The minimum atomic E-state index is -0.974. The molecule has 1 aliphatic carbocycles. The molecular weight excluding hydrogens is 472 g/mol. The number of rotatable bonds is 6. The van der Waals surface area contributed by atoms with Crippen molar-refractivity contribution in [1.82, 2.24) is 5.10 Å². The number of esters is 1. The van der Waals surface area contributed by atoms with Crippen molar-refractivity contribution in [3.8, 4) is 11.1 Å². The first-order valence-electron chi connectivity index (χ1n) is 10.4. The van der Waals surface area contributed by atoms with Gasteiger partial charge in [0.25, 0.3) is 17.1 Å². The molecule has 0 saturated carbocycles. The summed E-state index contributed by atoms with van der Waals surface area (Å²) in [4.78, 5) is 35.1. The lowest BCUT2D eigenvalue weighted by Gasteiger charge is -2.15. The van der Waals surface area contributed by atoms with Crippen LogP contribution in [0.3, 0.4) is 0 Å². The van der Waals surface area contributed by atoms with Crippen LogP contribution in [0.2, 0.25) is 0 Å². The van der Waals surface area contributed by atoms with Crippen molar-refractivity contribution >= 4 is 28.6 Å². The van der Waals surface area contributed by atoms with Crippen LogP contribution in [0.25, 0.3) is 22.4 Å². The number of ether oxygens (including phenoxy) is 2. The molecule has 182 valence electrons. The fraction of sp³-hybridized carbons (Fsp3) is 0.125. The summed E-state index contributed by atoms with van der Waals surface area (Å²) in [6.07, 6.45) is 1.42. The lowest BCUT2D eigenvalue weighted by atomic mass is 9.95. The molecule has 0 fully saturated rings. The zero-order valence-corrected chi connectivity index (χ0v) is 19.3. The van der Waals surface area contributed by atoms with Crippen LogP contribution in [0.15, 0.2) is 66.2 Å². The summed E-state index contributed by atoms with van der Waals surface area (Å²) in [5, 5.41) is 40.4. The molecule has 0 amide bonds. The largest absolute Gasteiger partial charge is 0.612 e. The first kappa shape index (κ1) is 24.0. The van der Waals surface area contributed by atoms with Crippen LogP contribution in [-0.2, 0) is 14.3 Å². The first-order valence-corrected chi connectivity index (χ1v) is 10.4. The van der Waals surface area contributed by atoms with Gasteiger partial charge in [0, 0.05) is 41.0 Å². The molecule has 0 N–H and O–H groups in total. The normalized spacial score (nSPS) is 12.2. The second-order valence-electron chi connectivity index (χ2n) is 7.65. The number of methoxy groups -OCH3 is 2. The highest BCUT2D eigenvalue weighted by Crippen LogP contribution is 2.49. The third-order valence-electron chi connectivity index (χ3n) is 5.57. The number of hydrogen-bond acceptors (Lipinski definition) is 9. The summed E-state index contributed by atoms with van der Waals surface area (Å²) in [5.41, 5.74) is 0.721. The summed E-state index contributed by atoms with van der Waals surface area (Å²) in [7, 11) is 2.22. The van der Waals surface area contributed by atoms with Gasteiger partial charge in [0.15, 0.2) is 0 Å². The van der Waals surface area contributed by atoms with E-state index in [1.54, 1.807) is 19.1 Å². The fourth-order valence-corrected chi connectivity index (χ4v) is 4.04. The number of nitro benzene ring substituents is 2. The van der Waals surface area contributed by atoms with Crippen molar-refractivity contribution in [3.63, 3.8) is 0 Å². The number of fused-ring (bicyclic) bond motifs is 3. The molecule has 36 heavy (non-hydrogen) atoms. The molecule has 0 bridgehead atoms. The fourth-order valence-electron chi connectivity index (χ4n) is 4.04. The van der Waals surface area contributed by atoms with Crippen LogP contribution in [0.5, 0.6) is 0 Å². The Morgan fingerprint density at radius 2 is 1.44 bits per heavy atom. The Morgan fingerprint density at radius 3 is 1.89 bits per heavy atom. The lowest BCUT2D eigenvalue weighted by molar-refractivity contribution is -0.650. The average Bonchev–Trinajstić information content (AvgIpc) is 3.18. The summed E-state index contributed by atoms with van der Waals surface area (Å²) < 4.78 is 11.1. The first-order chi connectivity index (χ1) is 17.2. The lowest BCUT2D eigenvalue weighted by Crippen LogP contribution is -2.42. The summed E-state index contributed by atoms with van der Waals surface area (Å²) in [5.74, 6) is -1.92. The van der Waals surface area contributed by atoms with Crippen LogP contribution >= 0.6 is 0 Å². The molecule has 12 heteroatoms. The van der Waals surface area contributed by atoms with Gasteiger partial charge in [-0.2, -0.15) is 0 Å². The van der Waals surface area contributed by atoms with Gasteiger partial charge in [-0.25, -0.2) is 4.79 Å². The van der Waals surface area contributed by atoms with Crippen LogP contribution in [0.1, 0.15) is 16.8 Å². The minimum absolute atomic E-state index is 0.0375. The van der Waals surface area contributed by atoms with E-state index in [9.17, 15) is 30.1 Å². The van der Waals surface area contributed by atoms with Gasteiger partial charge in [0.05, 0.1) is 17.0 Å². The van der Waals surface area contributed by atoms with E-state index in [0.29, 0.717) is 16.8 Å². The maximum atomic E-state index is 13.3. The van der Waals surface area contributed by atoms with Crippen molar-refractivity contribution in [2.45, 2.75) is 6.92 Å². The minimum Gasteiger partial charge on any atom is -0.612 e. The standard InChI is InChI=1S/C24H18N4O8/c1-13-5-4-10-26(25-13)22(24(30)36-3)21(23(29)35-2)20-18-11-14(27(31)32)6-8-16(18)17-9-7-15(28(33)34)12-19(17)20/h4-12H,1-3H3. The number of nitro groups is 2. The summed E-state index contributed by atoms with van der Waals surface area (Å²) in [6, 6.07) is 11.3. The second kappa shape index (κ2) is 9.25. The van der Waals surface area contributed by atoms with E-state index in [2.05, 4.69) is 5.10 Å². The van der Waals surface area contributed by atoms with E-state index in [0.717, 1.165) is 18.9 Å². The number of carbonyl (C=O) groups excluding carboxylic acids is 1. The zero-order valence-electron chi connectivity index (χ0n) is 19.3. The van der Waals surface area contributed by atoms with Gasteiger partial charge >= 0.3 is 5.97 Å². The monoisotopic (exact) mass is 490 g/mol. The molecular formula is C24H18N4O8. The highest BCUT2D eigenvalue weighted by Gasteiger charge is 2.38. The number of aryl methyl sites for hydroxylation is 1. The molecule has 1 aliphatic rings. The van der Waals surface area contributed by atoms with Gasteiger partial charge in [-0.05, 0) is 59.2 Å². The third-order valence-corrected chi connectivity index (χ3v) is 5.57. The number of nitrogens with zero attached hydrogens (tertiary/aromatic N) is 4. The molecule has 1 heterocycles. The second-order valence-corrected chi connectivity index (χ2v) is 7.65. The smallest absolute Gasteiger partial charge is 0.345 e. The van der Waals surface area contributed by atoms with E-state index in [1.807, 2.05) is 0 Å². The maximum absolute atomic E-state index is 13.3. The van der Waals surface area contributed by atoms with Crippen LogP contribution in [-0.4, -0.2) is 35.1 Å². The molecule has 0 saturated heterocycles. The molecule has 0 atom stereocenters. The topological polar surface area (TPSA) is 162 Å². The van der Waals surface area contributed by atoms with Crippen LogP contribution < -0.4 is 9.79 Å². The summed E-state index contributed by atoms with van der Waals surface area (Å²) in [6.45, 7) is 1.67. The van der Waals surface area contributed by atoms with Crippen LogP contribution in [0.4, 0.5) is 11.4 Å². The van der Waals surface area contributed by atoms with Crippen molar-refractivity contribution < 1.29 is 33.9 Å². The number of benzene rings is 2. The van der Waals surface area contributed by atoms with E-state index < -0.39 is 21.8 Å². The maximum Gasteiger partial charge on any atom is 0.345 e. The molecule has 3 aromatic rings. The van der Waals surface area contributed by atoms with Crippen LogP contribution in [0, 0.1) is 27.2 Å². The van der Waals surface area contributed by atoms with Crippen molar-refractivity contribution in [2.75, 3.05) is 14.2 Å². The van der Waals surface area contributed by atoms with Gasteiger partial charge in [-0.3, -0.25) is 20.2 Å². The molecule has 2 aromatic carbocycles. The Hall–Kier alpha value is -5.13. The van der Waals surface area contributed by atoms with Gasteiger partial charge in [0.1, 0.15) is 17.2 Å². The molecule has 0 radical (unpaired) electrons.